The van der Waals surface area contributed by atoms with Crippen molar-refractivity contribution in [3.63, 3.8) is 0 Å². The van der Waals surface area contributed by atoms with Crippen LogP contribution in [0.3, 0.4) is 0 Å². The molecule has 80 valence electrons. The zero-order valence-corrected chi connectivity index (χ0v) is 8.88. The van der Waals surface area contributed by atoms with E-state index in [9.17, 15) is 4.79 Å². The summed E-state index contributed by atoms with van der Waals surface area (Å²) < 4.78 is 4.57. The minimum absolute atomic E-state index is 0.167. The highest BCUT2D eigenvalue weighted by Crippen LogP contribution is 2.22. The van der Waals surface area contributed by atoms with Crippen LogP contribution in [-0.4, -0.2) is 10.3 Å². The first kappa shape index (κ1) is 11.0. The smallest absolute Gasteiger partial charge is 0.267 e. The Balaban J connectivity index is 2.67. The normalized spacial score (nSPS) is 13.0. The van der Waals surface area contributed by atoms with Gasteiger partial charge in [0.15, 0.2) is 5.69 Å². The molecule has 4 heteroatoms. The molecule has 1 unspecified atom stereocenters. The largest absolute Gasteiger partial charge is 0.304 e. The number of aromatic amines is 1. The van der Waals surface area contributed by atoms with E-state index in [1.807, 2.05) is 0 Å². The second-order valence-electron chi connectivity index (χ2n) is 3.63. The fourth-order valence-electron chi connectivity index (χ4n) is 1.68. The van der Waals surface area contributed by atoms with E-state index in [1.165, 1.54) is 0 Å². The van der Waals surface area contributed by atoms with Gasteiger partial charge in [0.05, 0.1) is 0 Å². The van der Waals surface area contributed by atoms with E-state index in [1.54, 1.807) is 0 Å². The van der Waals surface area contributed by atoms with Crippen molar-refractivity contribution in [2.75, 3.05) is 0 Å². The average molecular weight is 198 g/mol. The predicted octanol–water partition coefficient (Wildman–Crippen LogP) is 2.44. The van der Waals surface area contributed by atoms with Crippen molar-refractivity contribution >= 4 is 0 Å². The van der Waals surface area contributed by atoms with E-state index in [-0.39, 0.29) is 11.5 Å². The Morgan fingerprint density at radius 3 is 2.64 bits per heavy atom. The molecule has 14 heavy (non-hydrogen) atoms. The summed E-state index contributed by atoms with van der Waals surface area (Å²) in [6.45, 7) is 4.27. The third kappa shape index (κ3) is 2.72. The Morgan fingerprint density at radius 2 is 2.14 bits per heavy atom. The number of nitrogens with one attached hydrogen (secondary N) is 1. The molecule has 4 nitrogen and oxygen atoms in total. The van der Waals surface area contributed by atoms with Crippen LogP contribution in [0.4, 0.5) is 0 Å². The molecule has 0 aromatic carbocycles. The molecule has 1 N–H and O–H groups in total. The highest BCUT2D eigenvalue weighted by atomic mass is 16.6. The SMILES string of the molecule is CCCCC(CCC)c1no[nH]c1=O. The van der Waals surface area contributed by atoms with Gasteiger partial charge < -0.3 is 0 Å². The third-order valence-electron chi connectivity index (χ3n) is 2.44. The molecule has 0 amide bonds. The van der Waals surface area contributed by atoms with Crippen LogP contribution in [0.2, 0.25) is 0 Å². The van der Waals surface area contributed by atoms with Gasteiger partial charge in [-0.05, 0) is 12.8 Å². The number of nitrogens with zero attached hydrogens (tertiary/aromatic N) is 1. The van der Waals surface area contributed by atoms with Gasteiger partial charge in [0.25, 0.3) is 0 Å². The van der Waals surface area contributed by atoms with E-state index in [4.69, 9.17) is 0 Å². The van der Waals surface area contributed by atoms with Gasteiger partial charge in [0.2, 0.25) is 0 Å². The molecule has 0 aliphatic rings. The number of aromatic nitrogens is 2. The minimum atomic E-state index is -0.167. The lowest BCUT2D eigenvalue weighted by Crippen LogP contribution is -2.12. The van der Waals surface area contributed by atoms with Crippen LogP contribution in [0.25, 0.3) is 0 Å². The molecule has 0 aliphatic carbocycles. The minimum Gasteiger partial charge on any atom is -0.267 e. The zero-order chi connectivity index (χ0) is 10.4. The van der Waals surface area contributed by atoms with E-state index < -0.39 is 0 Å². The molecule has 0 saturated carbocycles. The van der Waals surface area contributed by atoms with Crippen molar-refractivity contribution in [2.24, 2.45) is 0 Å². The summed E-state index contributed by atoms with van der Waals surface area (Å²) in [4.78, 5) is 11.3. The van der Waals surface area contributed by atoms with Crippen molar-refractivity contribution in [1.82, 2.24) is 10.3 Å². The number of unbranched alkanes of at least 4 members (excludes halogenated alkanes) is 1. The monoisotopic (exact) mass is 198 g/mol. The molecule has 0 spiro atoms. The van der Waals surface area contributed by atoms with E-state index in [2.05, 4.69) is 28.8 Å². The van der Waals surface area contributed by atoms with Crippen LogP contribution in [0.5, 0.6) is 0 Å². The molecule has 0 fully saturated rings. The molecule has 1 rings (SSSR count). The van der Waals surface area contributed by atoms with Crippen LogP contribution in [0.15, 0.2) is 9.42 Å². The van der Waals surface area contributed by atoms with Gasteiger partial charge >= 0.3 is 5.56 Å². The predicted molar refractivity (Wildman–Crippen MR) is 54.3 cm³/mol. The molecule has 1 aromatic rings. The first-order valence-corrected chi connectivity index (χ1v) is 5.33. The average Bonchev–Trinajstić information content (AvgIpc) is 2.59. The van der Waals surface area contributed by atoms with Gasteiger partial charge in [0, 0.05) is 5.92 Å². The summed E-state index contributed by atoms with van der Waals surface area (Å²) in [6, 6.07) is 0. The van der Waals surface area contributed by atoms with Crippen molar-refractivity contribution in [3.8, 4) is 0 Å². The maximum absolute atomic E-state index is 11.3. The van der Waals surface area contributed by atoms with Gasteiger partial charge in [-0.15, -0.1) is 0 Å². The van der Waals surface area contributed by atoms with E-state index in [0.717, 1.165) is 32.1 Å². The fourth-order valence-corrected chi connectivity index (χ4v) is 1.68. The Bertz CT molecular complexity index is 303. The number of H-pyrrole nitrogens is 1. The first-order chi connectivity index (χ1) is 6.79. The second kappa shape index (κ2) is 5.62. The summed E-state index contributed by atoms with van der Waals surface area (Å²) >= 11 is 0. The fraction of sp³-hybridized carbons (Fsp3) is 0.800. The van der Waals surface area contributed by atoms with Crippen molar-refractivity contribution < 1.29 is 4.63 Å². The summed E-state index contributed by atoms with van der Waals surface area (Å²) in [7, 11) is 0. The van der Waals surface area contributed by atoms with E-state index >= 15 is 0 Å². The molecule has 0 radical (unpaired) electrons. The van der Waals surface area contributed by atoms with Gasteiger partial charge in [-0.2, -0.15) is 5.16 Å². The van der Waals surface area contributed by atoms with Gasteiger partial charge in [0.1, 0.15) is 0 Å². The molecule has 1 aromatic heterocycles. The summed E-state index contributed by atoms with van der Waals surface area (Å²) in [5.74, 6) is 0.266. The molecule has 0 aliphatic heterocycles. The number of rotatable bonds is 6. The van der Waals surface area contributed by atoms with Crippen LogP contribution < -0.4 is 5.56 Å². The molecular formula is C10H18N2O2. The molecule has 0 saturated heterocycles. The molecular weight excluding hydrogens is 180 g/mol. The summed E-state index contributed by atoms with van der Waals surface area (Å²) in [5.41, 5.74) is 0.403. The number of hydrogen-bond acceptors (Lipinski definition) is 3. The van der Waals surface area contributed by atoms with Gasteiger partial charge in [-0.3, -0.25) is 9.42 Å². The lowest BCUT2D eigenvalue weighted by atomic mass is 9.94. The van der Waals surface area contributed by atoms with Crippen LogP contribution in [0.1, 0.15) is 57.6 Å². The maximum Gasteiger partial charge on any atom is 0.304 e. The molecule has 1 atom stereocenters. The molecule has 0 bridgehead atoms. The van der Waals surface area contributed by atoms with Crippen LogP contribution in [-0.2, 0) is 0 Å². The summed E-state index contributed by atoms with van der Waals surface area (Å²) in [6.07, 6.45) is 5.39. The maximum atomic E-state index is 11.3. The Kier molecular flexibility index (Phi) is 4.43. The Hall–Kier alpha value is -1.06. The van der Waals surface area contributed by atoms with E-state index in [0.29, 0.717) is 5.69 Å². The molecule has 1 heterocycles. The van der Waals surface area contributed by atoms with Crippen molar-refractivity contribution in [3.05, 3.63) is 16.0 Å². The lowest BCUT2D eigenvalue weighted by molar-refractivity contribution is 0.296. The third-order valence-corrected chi connectivity index (χ3v) is 2.44. The highest BCUT2D eigenvalue weighted by Gasteiger charge is 2.17. The summed E-state index contributed by atoms with van der Waals surface area (Å²) in [5, 5.41) is 5.99. The van der Waals surface area contributed by atoms with Crippen molar-refractivity contribution in [2.45, 2.75) is 51.9 Å². The Morgan fingerprint density at radius 1 is 1.36 bits per heavy atom. The lowest BCUT2D eigenvalue weighted by Gasteiger charge is -2.10. The highest BCUT2D eigenvalue weighted by molar-refractivity contribution is 5.00. The topological polar surface area (TPSA) is 58.9 Å². The van der Waals surface area contributed by atoms with Gasteiger partial charge in [-0.25, -0.2) is 0 Å². The van der Waals surface area contributed by atoms with Gasteiger partial charge in [-0.1, -0.05) is 38.3 Å². The first-order valence-electron chi connectivity index (χ1n) is 5.33. The second-order valence-corrected chi connectivity index (χ2v) is 3.63. The van der Waals surface area contributed by atoms with Crippen LogP contribution >= 0.6 is 0 Å². The number of hydrogen-bond donors (Lipinski definition) is 1. The quantitative estimate of drug-likeness (QED) is 0.763. The Labute approximate surface area is 83.6 Å². The standard InChI is InChI=1S/C10H18N2O2/c1-3-5-7-8(6-4-2)9-10(13)12-14-11-9/h8H,3-7H2,1-2H3,(H,12,13). The van der Waals surface area contributed by atoms with Crippen molar-refractivity contribution in [1.29, 1.82) is 0 Å². The zero-order valence-electron chi connectivity index (χ0n) is 8.88. The van der Waals surface area contributed by atoms with Crippen LogP contribution in [0, 0.1) is 0 Å².